The summed E-state index contributed by atoms with van der Waals surface area (Å²) in [5.41, 5.74) is 0. The summed E-state index contributed by atoms with van der Waals surface area (Å²) < 4.78 is 0. The Morgan fingerprint density at radius 1 is 1.75 bits per heavy atom. The summed E-state index contributed by atoms with van der Waals surface area (Å²) >= 11 is 0. The van der Waals surface area contributed by atoms with Crippen molar-refractivity contribution in [3.63, 3.8) is 0 Å². The molecule has 0 spiro atoms. The van der Waals surface area contributed by atoms with Crippen molar-refractivity contribution >= 4 is 0 Å². The van der Waals surface area contributed by atoms with Gasteiger partial charge in [-0.3, -0.25) is 0 Å². The van der Waals surface area contributed by atoms with Crippen LogP contribution in [0.1, 0.15) is 19.8 Å². The molecule has 2 heteroatoms. The molecule has 0 aliphatic heterocycles. The molecule has 0 aliphatic rings. The topological polar surface area (TPSA) is 44.0 Å². The fourth-order valence-electron chi connectivity index (χ4n) is 0.545. The van der Waals surface area contributed by atoms with Crippen LogP contribution in [0.5, 0.6) is 0 Å². The number of aliphatic hydroxyl groups is 1. The Bertz CT molecular complexity index is 85.0. The van der Waals surface area contributed by atoms with Crippen molar-refractivity contribution in [2.75, 3.05) is 6.61 Å². The van der Waals surface area contributed by atoms with E-state index in [1.54, 1.807) is 0 Å². The molecule has 0 unspecified atom stereocenters. The molecule has 0 radical (unpaired) electrons. The summed E-state index contributed by atoms with van der Waals surface area (Å²) in [5.74, 6) is -0.139. The third-order valence-electron chi connectivity index (χ3n) is 1.04. The van der Waals surface area contributed by atoms with Crippen LogP contribution in [0.25, 0.3) is 0 Å². The van der Waals surface area contributed by atoms with Gasteiger partial charge >= 0.3 is 0 Å². The van der Waals surface area contributed by atoms with Crippen molar-refractivity contribution in [1.29, 1.82) is 5.26 Å². The average Bonchev–Trinajstić information content (AvgIpc) is 1.83. The van der Waals surface area contributed by atoms with Gasteiger partial charge in [0.25, 0.3) is 0 Å². The van der Waals surface area contributed by atoms with Crippen LogP contribution in [0.3, 0.4) is 0 Å². The lowest BCUT2D eigenvalue weighted by molar-refractivity contribution is 0.249. The minimum atomic E-state index is -0.139. The highest BCUT2D eigenvalue weighted by molar-refractivity contribution is 4.80. The maximum Gasteiger partial charge on any atom is 0.0694 e. The molecule has 0 saturated heterocycles. The summed E-state index contributed by atoms with van der Waals surface area (Å²) in [4.78, 5) is 0. The second-order valence-electron chi connectivity index (χ2n) is 1.80. The first kappa shape index (κ1) is 7.45. The highest BCUT2D eigenvalue weighted by atomic mass is 16.3. The molecule has 1 atom stereocenters. The Morgan fingerprint density at radius 2 is 2.38 bits per heavy atom. The lowest BCUT2D eigenvalue weighted by Gasteiger charge is -1.98. The van der Waals surface area contributed by atoms with Crippen LogP contribution < -0.4 is 0 Å². The van der Waals surface area contributed by atoms with E-state index in [1.807, 2.05) is 13.0 Å². The normalized spacial score (nSPS) is 12.6. The third-order valence-corrected chi connectivity index (χ3v) is 1.04. The molecule has 0 aromatic heterocycles. The van der Waals surface area contributed by atoms with Crippen LogP contribution in [0.2, 0.25) is 0 Å². The van der Waals surface area contributed by atoms with E-state index in [0.717, 1.165) is 12.8 Å². The first-order valence-corrected chi connectivity index (χ1v) is 2.85. The Balaban J connectivity index is 3.26. The van der Waals surface area contributed by atoms with Crippen molar-refractivity contribution in [2.24, 2.45) is 5.92 Å². The number of nitriles is 1. The largest absolute Gasteiger partial charge is 0.395 e. The molecule has 0 amide bonds. The van der Waals surface area contributed by atoms with E-state index >= 15 is 0 Å². The van der Waals surface area contributed by atoms with Crippen molar-refractivity contribution in [1.82, 2.24) is 0 Å². The van der Waals surface area contributed by atoms with Gasteiger partial charge < -0.3 is 5.11 Å². The predicted octanol–water partition coefficient (Wildman–Crippen LogP) is 0.919. The van der Waals surface area contributed by atoms with E-state index < -0.39 is 0 Å². The van der Waals surface area contributed by atoms with Gasteiger partial charge in [-0.15, -0.1) is 0 Å². The number of rotatable bonds is 3. The zero-order chi connectivity index (χ0) is 6.41. The Labute approximate surface area is 49.8 Å². The molecule has 0 rings (SSSR count). The minimum absolute atomic E-state index is 0.00431. The summed E-state index contributed by atoms with van der Waals surface area (Å²) in [7, 11) is 0. The molecule has 8 heavy (non-hydrogen) atoms. The molecular weight excluding hydrogens is 102 g/mol. The molecule has 0 aromatic rings. The smallest absolute Gasteiger partial charge is 0.0694 e. The molecule has 46 valence electrons. The van der Waals surface area contributed by atoms with E-state index in [4.69, 9.17) is 10.4 Å². The summed E-state index contributed by atoms with van der Waals surface area (Å²) in [6, 6.07) is 2.00. The SMILES string of the molecule is CCC[C@H](C#N)CO. The highest BCUT2D eigenvalue weighted by Crippen LogP contribution is 2.01. The number of aliphatic hydroxyl groups excluding tert-OH is 1. The second kappa shape index (κ2) is 4.61. The second-order valence-corrected chi connectivity index (χ2v) is 1.80. The monoisotopic (exact) mass is 113 g/mol. The number of hydrogen-bond acceptors (Lipinski definition) is 2. The molecular formula is C6H11NO. The van der Waals surface area contributed by atoms with E-state index in [2.05, 4.69) is 0 Å². The van der Waals surface area contributed by atoms with Crippen LogP contribution in [0.4, 0.5) is 0 Å². The van der Waals surface area contributed by atoms with Crippen molar-refractivity contribution in [3.05, 3.63) is 0 Å². The fraction of sp³-hybridized carbons (Fsp3) is 0.833. The van der Waals surface area contributed by atoms with Crippen LogP contribution in [0.15, 0.2) is 0 Å². The molecule has 0 bridgehead atoms. The van der Waals surface area contributed by atoms with Crippen LogP contribution in [-0.2, 0) is 0 Å². The van der Waals surface area contributed by atoms with Gasteiger partial charge in [0.2, 0.25) is 0 Å². The number of hydrogen-bond donors (Lipinski definition) is 1. The van der Waals surface area contributed by atoms with Gasteiger partial charge in [-0.25, -0.2) is 0 Å². The van der Waals surface area contributed by atoms with Gasteiger partial charge in [0.15, 0.2) is 0 Å². The standard InChI is InChI=1S/C6H11NO/c1-2-3-6(4-7)5-8/h6,8H,2-3,5H2,1H3/t6-/m1/s1. The van der Waals surface area contributed by atoms with Gasteiger partial charge in [-0.05, 0) is 6.42 Å². The summed E-state index contributed by atoms with van der Waals surface area (Å²) in [5, 5.41) is 16.7. The Kier molecular flexibility index (Phi) is 4.29. The van der Waals surface area contributed by atoms with Crippen LogP contribution >= 0.6 is 0 Å². The lowest BCUT2D eigenvalue weighted by atomic mass is 10.1. The first-order valence-electron chi connectivity index (χ1n) is 2.85. The maximum absolute atomic E-state index is 8.43. The fourth-order valence-corrected chi connectivity index (χ4v) is 0.545. The Morgan fingerprint density at radius 3 is 2.50 bits per heavy atom. The van der Waals surface area contributed by atoms with E-state index in [1.165, 1.54) is 0 Å². The maximum atomic E-state index is 8.43. The Hall–Kier alpha value is -0.550. The quantitative estimate of drug-likeness (QED) is 0.591. The molecule has 0 fully saturated rings. The molecule has 0 saturated carbocycles. The van der Waals surface area contributed by atoms with Crippen LogP contribution in [0, 0.1) is 17.2 Å². The zero-order valence-electron chi connectivity index (χ0n) is 5.09. The van der Waals surface area contributed by atoms with Gasteiger partial charge in [-0.2, -0.15) is 5.26 Å². The van der Waals surface area contributed by atoms with Crippen LogP contribution in [-0.4, -0.2) is 11.7 Å². The molecule has 2 nitrogen and oxygen atoms in total. The molecule has 0 heterocycles. The lowest BCUT2D eigenvalue weighted by Crippen LogP contribution is -2.00. The van der Waals surface area contributed by atoms with Crippen molar-refractivity contribution in [3.8, 4) is 6.07 Å². The van der Waals surface area contributed by atoms with E-state index in [-0.39, 0.29) is 12.5 Å². The zero-order valence-corrected chi connectivity index (χ0v) is 5.09. The number of nitrogens with zero attached hydrogens (tertiary/aromatic N) is 1. The van der Waals surface area contributed by atoms with Gasteiger partial charge in [0.05, 0.1) is 18.6 Å². The minimum Gasteiger partial charge on any atom is -0.395 e. The highest BCUT2D eigenvalue weighted by Gasteiger charge is 2.00. The predicted molar refractivity (Wildman–Crippen MR) is 31.1 cm³/mol. The van der Waals surface area contributed by atoms with E-state index in [9.17, 15) is 0 Å². The molecule has 1 N–H and O–H groups in total. The third kappa shape index (κ3) is 2.59. The van der Waals surface area contributed by atoms with E-state index in [0.29, 0.717) is 0 Å². The van der Waals surface area contributed by atoms with Crippen molar-refractivity contribution in [2.45, 2.75) is 19.8 Å². The van der Waals surface area contributed by atoms with Gasteiger partial charge in [0.1, 0.15) is 0 Å². The van der Waals surface area contributed by atoms with Gasteiger partial charge in [-0.1, -0.05) is 13.3 Å². The first-order chi connectivity index (χ1) is 3.85. The van der Waals surface area contributed by atoms with Gasteiger partial charge in [0, 0.05) is 0 Å². The summed E-state index contributed by atoms with van der Waals surface area (Å²) in [6.45, 7) is 2.00. The van der Waals surface area contributed by atoms with Crippen molar-refractivity contribution < 1.29 is 5.11 Å². The summed E-state index contributed by atoms with van der Waals surface area (Å²) in [6.07, 6.45) is 1.78. The molecule has 0 aromatic carbocycles. The molecule has 0 aliphatic carbocycles. The average molecular weight is 113 g/mol.